The number of rotatable bonds is 2. The third-order valence-corrected chi connectivity index (χ3v) is 2.85. The highest BCUT2D eigenvalue weighted by atomic mass is 35.5. The SMILES string of the molecule is Cc1ccc(NC(=O)c2ccc(Cl)[n+]([O-])c2)cc1F. The van der Waals surface area contributed by atoms with Crippen LogP contribution in [0.4, 0.5) is 10.1 Å². The van der Waals surface area contributed by atoms with E-state index >= 15 is 0 Å². The van der Waals surface area contributed by atoms with Gasteiger partial charge in [-0.25, -0.2) is 4.39 Å². The molecule has 0 spiro atoms. The zero-order chi connectivity index (χ0) is 14.0. The summed E-state index contributed by atoms with van der Waals surface area (Å²) in [4.78, 5) is 11.8. The Hall–Kier alpha value is -2.14. The average molecular weight is 281 g/mol. The van der Waals surface area contributed by atoms with E-state index in [-0.39, 0.29) is 10.7 Å². The Morgan fingerprint density at radius 2 is 2.11 bits per heavy atom. The molecule has 0 saturated heterocycles. The van der Waals surface area contributed by atoms with E-state index in [9.17, 15) is 14.4 Å². The maximum Gasteiger partial charge on any atom is 0.286 e. The fraction of sp³-hybridized carbons (Fsp3) is 0.0769. The molecule has 2 aromatic rings. The Bertz CT molecular complexity index is 647. The lowest BCUT2D eigenvalue weighted by Gasteiger charge is -2.06. The van der Waals surface area contributed by atoms with Crippen LogP contribution in [-0.2, 0) is 0 Å². The summed E-state index contributed by atoms with van der Waals surface area (Å²) in [5.41, 5.74) is 0.947. The number of aromatic nitrogens is 1. The van der Waals surface area contributed by atoms with Crippen LogP contribution in [-0.4, -0.2) is 5.91 Å². The van der Waals surface area contributed by atoms with Crippen molar-refractivity contribution >= 4 is 23.2 Å². The molecule has 1 heterocycles. The first-order valence-electron chi connectivity index (χ1n) is 5.43. The van der Waals surface area contributed by atoms with Crippen molar-refractivity contribution in [3.8, 4) is 0 Å². The number of amides is 1. The van der Waals surface area contributed by atoms with E-state index in [4.69, 9.17) is 11.6 Å². The van der Waals surface area contributed by atoms with Crippen molar-refractivity contribution in [2.75, 3.05) is 5.32 Å². The van der Waals surface area contributed by atoms with Gasteiger partial charge in [-0.3, -0.25) is 4.79 Å². The Morgan fingerprint density at radius 1 is 1.37 bits per heavy atom. The normalized spacial score (nSPS) is 10.3. The predicted octanol–water partition coefficient (Wildman–Crippen LogP) is 2.67. The molecule has 98 valence electrons. The van der Waals surface area contributed by atoms with Gasteiger partial charge in [0.15, 0.2) is 6.20 Å². The number of nitrogens with zero attached hydrogens (tertiary/aromatic N) is 1. The van der Waals surface area contributed by atoms with E-state index in [1.807, 2.05) is 0 Å². The van der Waals surface area contributed by atoms with Crippen LogP contribution in [0.15, 0.2) is 36.5 Å². The van der Waals surface area contributed by atoms with Gasteiger partial charge in [-0.05, 0) is 42.3 Å². The molecule has 1 N–H and O–H groups in total. The zero-order valence-electron chi connectivity index (χ0n) is 9.98. The van der Waals surface area contributed by atoms with Gasteiger partial charge in [0, 0.05) is 11.8 Å². The molecule has 0 atom stereocenters. The van der Waals surface area contributed by atoms with E-state index in [0.29, 0.717) is 16.0 Å². The Kier molecular flexibility index (Phi) is 3.66. The summed E-state index contributed by atoms with van der Waals surface area (Å²) < 4.78 is 13.7. The second-order valence-electron chi connectivity index (χ2n) is 3.98. The molecule has 1 aromatic carbocycles. The highest BCUT2D eigenvalue weighted by Gasteiger charge is 2.12. The molecule has 0 radical (unpaired) electrons. The first-order chi connectivity index (χ1) is 8.97. The lowest BCUT2D eigenvalue weighted by molar-refractivity contribution is -0.603. The largest absolute Gasteiger partial charge is 0.618 e. The second kappa shape index (κ2) is 5.24. The molecular weight excluding hydrogens is 271 g/mol. The standard InChI is InChI=1S/C13H10ClFN2O2/c1-8-2-4-10(6-11(8)15)16-13(18)9-3-5-12(14)17(19)7-9/h2-7H,1H3,(H,16,18). The van der Waals surface area contributed by atoms with Gasteiger partial charge in [0.25, 0.3) is 11.1 Å². The molecule has 0 unspecified atom stereocenters. The lowest BCUT2D eigenvalue weighted by atomic mass is 10.2. The second-order valence-corrected chi connectivity index (χ2v) is 4.37. The van der Waals surface area contributed by atoms with Gasteiger partial charge in [-0.2, -0.15) is 4.73 Å². The molecule has 19 heavy (non-hydrogen) atoms. The van der Waals surface area contributed by atoms with Gasteiger partial charge >= 0.3 is 0 Å². The van der Waals surface area contributed by atoms with Gasteiger partial charge in [0.05, 0.1) is 0 Å². The molecule has 0 bridgehead atoms. The van der Waals surface area contributed by atoms with Gasteiger partial charge in [-0.15, -0.1) is 0 Å². The van der Waals surface area contributed by atoms with Crippen LogP contribution in [0.1, 0.15) is 15.9 Å². The molecule has 0 aliphatic rings. The van der Waals surface area contributed by atoms with Crippen molar-refractivity contribution in [3.05, 3.63) is 63.8 Å². The summed E-state index contributed by atoms with van der Waals surface area (Å²) >= 11 is 5.55. The number of halogens is 2. The van der Waals surface area contributed by atoms with Crippen molar-refractivity contribution in [2.24, 2.45) is 0 Å². The van der Waals surface area contributed by atoms with Crippen LogP contribution in [0.2, 0.25) is 5.15 Å². The van der Waals surface area contributed by atoms with Crippen LogP contribution < -0.4 is 10.0 Å². The monoisotopic (exact) mass is 280 g/mol. The molecule has 0 fully saturated rings. The summed E-state index contributed by atoms with van der Waals surface area (Å²) in [6, 6.07) is 7.09. The molecule has 6 heteroatoms. The van der Waals surface area contributed by atoms with Crippen LogP contribution in [0, 0.1) is 17.9 Å². The number of hydrogen-bond donors (Lipinski definition) is 1. The number of benzene rings is 1. The summed E-state index contributed by atoms with van der Waals surface area (Å²) in [6.45, 7) is 1.63. The van der Waals surface area contributed by atoms with Gasteiger partial charge in [0.1, 0.15) is 11.4 Å². The van der Waals surface area contributed by atoms with Gasteiger partial charge in [-0.1, -0.05) is 6.07 Å². The minimum Gasteiger partial charge on any atom is -0.618 e. The highest BCUT2D eigenvalue weighted by molar-refractivity contribution is 6.28. The quantitative estimate of drug-likeness (QED) is 0.522. The van der Waals surface area contributed by atoms with Crippen molar-refractivity contribution in [1.82, 2.24) is 0 Å². The van der Waals surface area contributed by atoms with Gasteiger partial charge < -0.3 is 10.5 Å². The third kappa shape index (κ3) is 3.00. The van der Waals surface area contributed by atoms with Crippen LogP contribution in [0.25, 0.3) is 0 Å². The smallest absolute Gasteiger partial charge is 0.286 e. The summed E-state index contributed by atoms with van der Waals surface area (Å²) in [6.07, 6.45) is 1.06. The Balaban J connectivity index is 2.20. The molecular formula is C13H10ClFN2O2. The zero-order valence-corrected chi connectivity index (χ0v) is 10.7. The van der Waals surface area contributed by atoms with Crippen molar-refractivity contribution in [3.63, 3.8) is 0 Å². The van der Waals surface area contributed by atoms with Crippen molar-refractivity contribution in [2.45, 2.75) is 6.92 Å². The molecule has 2 rings (SSSR count). The number of nitrogens with one attached hydrogen (secondary N) is 1. The summed E-state index contributed by atoms with van der Waals surface area (Å²) in [5.74, 6) is -0.919. The lowest BCUT2D eigenvalue weighted by Crippen LogP contribution is -2.29. The average Bonchev–Trinajstić information content (AvgIpc) is 2.37. The maximum atomic E-state index is 13.3. The minimum atomic E-state index is -0.510. The van der Waals surface area contributed by atoms with E-state index in [2.05, 4.69) is 5.32 Å². The van der Waals surface area contributed by atoms with Crippen molar-refractivity contribution in [1.29, 1.82) is 0 Å². The fourth-order valence-corrected chi connectivity index (χ4v) is 1.58. The van der Waals surface area contributed by atoms with Crippen LogP contribution in [0.5, 0.6) is 0 Å². The molecule has 1 aromatic heterocycles. The molecule has 0 saturated carbocycles. The number of pyridine rings is 1. The minimum absolute atomic E-state index is 0.0297. The Labute approximate surface area is 114 Å². The molecule has 4 nitrogen and oxygen atoms in total. The number of carbonyl (C=O) groups is 1. The van der Waals surface area contributed by atoms with Crippen LogP contribution >= 0.6 is 11.6 Å². The van der Waals surface area contributed by atoms with E-state index in [1.54, 1.807) is 19.1 Å². The molecule has 1 amide bonds. The number of anilines is 1. The van der Waals surface area contributed by atoms with E-state index < -0.39 is 11.7 Å². The number of carbonyl (C=O) groups excluding carboxylic acids is 1. The van der Waals surface area contributed by atoms with Gasteiger partial charge in [0.2, 0.25) is 0 Å². The first kappa shape index (κ1) is 13.3. The molecule has 0 aliphatic carbocycles. The first-order valence-corrected chi connectivity index (χ1v) is 5.81. The number of aryl methyl sites for hydroxylation is 1. The predicted molar refractivity (Wildman–Crippen MR) is 69.5 cm³/mol. The highest BCUT2D eigenvalue weighted by Crippen LogP contribution is 2.14. The molecule has 0 aliphatic heterocycles. The van der Waals surface area contributed by atoms with Crippen molar-refractivity contribution < 1.29 is 13.9 Å². The fourth-order valence-electron chi connectivity index (χ4n) is 1.47. The maximum absolute atomic E-state index is 13.3. The Morgan fingerprint density at radius 3 is 2.74 bits per heavy atom. The summed E-state index contributed by atoms with van der Waals surface area (Å²) in [5, 5.41) is 13.7. The van der Waals surface area contributed by atoms with Crippen LogP contribution in [0.3, 0.4) is 0 Å². The van der Waals surface area contributed by atoms with E-state index in [0.717, 1.165) is 6.20 Å². The topological polar surface area (TPSA) is 56.0 Å². The third-order valence-electron chi connectivity index (χ3n) is 2.56. The summed E-state index contributed by atoms with van der Waals surface area (Å²) in [7, 11) is 0. The number of hydrogen-bond acceptors (Lipinski definition) is 2. The van der Waals surface area contributed by atoms with E-state index in [1.165, 1.54) is 18.2 Å².